The van der Waals surface area contributed by atoms with Gasteiger partial charge >= 0.3 is 0 Å². The van der Waals surface area contributed by atoms with Crippen LogP contribution in [-0.2, 0) is 4.79 Å². The second-order valence-electron chi connectivity index (χ2n) is 2.47. The van der Waals surface area contributed by atoms with Crippen molar-refractivity contribution in [2.45, 2.75) is 25.8 Å². The van der Waals surface area contributed by atoms with Gasteiger partial charge in [-0.25, -0.2) is 0 Å². The Morgan fingerprint density at radius 2 is 2.11 bits per heavy atom. The van der Waals surface area contributed by atoms with Crippen LogP contribution in [0.3, 0.4) is 0 Å². The van der Waals surface area contributed by atoms with E-state index >= 15 is 0 Å². The van der Waals surface area contributed by atoms with Crippen molar-refractivity contribution in [2.24, 2.45) is 11.7 Å². The summed E-state index contributed by atoms with van der Waals surface area (Å²) in [7, 11) is 0. The molecule has 1 saturated carbocycles. The Balaban J connectivity index is 0.000000640. The number of hydrogen-bond acceptors (Lipinski definition) is 2. The number of rotatable bonds is 2. The fourth-order valence-corrected chi connectivity index (χ4v) is 0.787. The van der Waals surface area contributed by atoms with Crippen LogP contribution in [0, 0.1) is 5.92 Å². The largest absolute Gasteiger partial charge is 0.321 e. The van der Waals surface area contributed by atoms with Crippen molar-refractivity contribution < 1.29 is 4.79 Å². The highest BCUT2D eigenvalue weighted by Gasteiger charge is 2.30. The van der Waals surface area contributed by atoms with Gasteiger partial charge in [-0.05, 0) is 25.7 Å². The summed E-state index contributed by atoms with van der Waals surface area (Å²) in [6.45, 7) is 1.56. The number of Topliss-reactive ketones (excluding diaryl/α,β-unsaturated/α-hetero) is 1. The number of carbonyl (C=O) groups is 1. The molecule has 1 unspecified atom stereocenters. The van der Waals surface area contributed by atoms with E-state index in [1.165, 1.54) is 0 Å². The van der Waals surface area contributed by atoms with E-state index in [0.29, 0.717) is 5.92 Å². The number of ketones is 1. The van der Waals surface area contributed by atoms with Gasteiger partial charge in [0.2, 0.25) is 0 Å². The van der Waals surface area contributed by atoms with Crippen LogP contribution >= 0.6 is 12.4 Å². The quantitative estimate of drug-likeness (QED) is 0.629. The van der Waals surface area contributed by atoms with E-state index in [1.807, 2.05) is 0 Å². The van der Waals surface area contributed by atoms with E-state index in [4.69, 9.17) is 5.73 Å². The molecule has 0 aromatic carbocycles. The average Bonchev–Trinajstić information content (AvgIpc) is 2.43. The van der Waals surface area contributed by atoms with Crippen LogP contribution in [-0.4, -0.2) is 11.8 Å². The van der Waals surface area contributed by atoms with Crippen molar-refractivity contribution >= 4 is 18.2 Å². The maximum atomic E-state index is 10.5. The van der Waals surface area contributed by atoms with Gasteiger partial charge in [0, 0.05) is 0 Å². The van der Waals surface area contributed by atoms with E-state index in [0.717, 1.165) is 12.8 Å². The Morgan fingerprint density at radius 1 is 1.67 bits per heavy atom. The Bertz CT molecular complexity index is 112. The summed E-state index contributed by atoms with van der Waals surface area (Å²) in [6, 6.07) is -0.157. The normalized spacial score (nSPS) is 20.2. The molecule has 0 aromatic heterocycles. The number of carbonyl (C=O) groups excluding carboxylic acids is 1. The fourth-order valence-electron chi connectivity index (χ4n) is 0.787. The third kappa shape index (κ3) is 2.33. The molecule has 3 heteroatoms. The van der Waals surface area contributed by atoms with Gasteiger partial charge in [0.05, 0.1) is 6.04 Å². The zero-order chi connectivity index (χ0) is 6.15. The molecular weight excluding hydrogens is 138 g/mol. The number of halogens is 1. The Labute approximate surface area is 61.2 Å². The highest BCUT2D eigenvalue weighted by molar-refractivity contribution is 5.85. The molecule has 0 amide bonds. The molecule has 1 atom stereocenters. The number of nitrogens with two attached hydrogens (primary N) is 1. The number of hydrogen-bond donors (Lipinski definition) is 1. The summed E-state index contributed by atoms with van der Waals surface area (Å²) in [6.07, 6.45) is 2.31. The standard InChI is InChI=1S/C6H11NO.ClH/c1-4(8)6(7)5-2-3-5;/h5-6H,2-3,7H2,1H3;1H. The van der Waals surface area contributed by atoms with Crippen molar-refractivity contribution in [3.8, 4) is 0 Å². The van der Waals surface area contributed by atoms with E-state index in [9.17, 15) is 4.79 Å². The van der Waals surface area contributed by atoms with E-state index in [2.05, 4.69) is 0 Å². The summed E-state index contributed by atoms with van der Waals surface area (Å²) >= 11 is 0. The zero-order valence-electron chi connectivity index (χ0n) is 5.46. The van der Waals surface area contributed by atoms with Gasteiger partial charge in [-0.1, -0.05) is 0 Å². The molecule has 1 fully saturated rings. The lowest BCUT2D eigenvalue weighted by atomic mass is 10.1. The average molecular weight is 150 g/mol. The third-order valence-electron chi connectivity index (χ3n) is 1.60. The minimum atomic E-state index is -0.157. The first kappa shape index (κ1) is 8.92. The van der Waals surface area contributed by atoms with Crippen LogP contribution in [0.2, 0.25) is 0 Å². The van der Waals surface area contributed by atoms with Crippen molar-refractivity contribution in [1.29, 1.82) is 0 Å². The molecule has 1 aliphatic rings. The van der Waals surface area contributed by atoms with E-state index < -0.39 is 0 Å². The molecule has 1 aliphatic carbocycles. The SMILES string of the molecule is CC(=O)C(N)C1CC1.Cl. The van der Waals surface area contributed by atoms with Crippen molar-refractivity contribution in [3.05, 3.63) is 0 Å². The molecule has 9 heavy (non-hydrogen) atoms. The summed E-state index contributed by atoms with van der Waals surface area (Å²) < 4.78 is 0. The van der Waals surface area contributed by atoms with Gasteiger partial charge in [-0.2, -0.15) is 0 Å². The van der Waals surface area contributed by atoms with E-state index in [1.54, 1.807) is 6.92 Å². The summed E-state index contributed by atoms with van der Waals surface area (Å²) in [4.78, 5) is 10.5. The molecule has 0 heterocycles. The van der Waals surface area contributed by atoms with Crippen LogP contribution in [0.4, 0.5) is 0 Å². The summed E-state index contributed by atoms with van der Waals surface area (Å²) in [5.74, 6) is 0.653. The molecular formula is C6H12ClNO. The first-order chi connectivity index (χ1) is 3.72. The van der Waals surface area contributed by atoms with Crippen molar-refractivity contribution in [1.82, 2.24) is 0 Å². The smallest absolute Gasteiger partial charge is 0.146 e. The monoisotopic (exact) mass is 149 g/mol. The molecule has 0 saturated heterocycles. The topological polar surface area (TPSA) is 43.1 Å². The first-order valence-corrected chi connectivity index (χ1v) is 2.98. The van der Waals surface area contributed by atoms with Crippen LogP contribution in [0.1, 0.15) is 19.8 Å². The Kier molecular flexibility index (Phi) is 3.15. The first-order valence-electron chi connectivity index (χ1n) is 2.98. The molecule has 0 aromatic rings. The zero-order valence-corrected chi connectivity index (χ0v) is 6.28. The second kappa shape index (κ2) is 3.18. The van der Waals surface area contributed by atoms with Gasteiger partial charge in [0.15, 0.2) is 0 Å². The highest BCUT2D eigenvalue weighted by Crippen LogP contribution is 2.31. The van der Waals surface area contributed by atoms with Gasteiger partial charge in [0.1, 0.15) is 5.78 Å². The predicted molar refractivity (Wildman–Crippen MR) is 38.6 cm³/mol. The van der Waals surface area contributed by atoms with Crippen molar-refractivity contribution in [3.63, 3.8) is 0 Å². The molecule has 54 valence electrons. The van der Waals surface area contributed by atoms with Crippen LogP contribution in [0.15, 0.2) is 0 Å². The molecule has 0 aliphatic heterocycles. The van der Waals surface area contributed by atoms with Gasteiger partial charge < -0.3 is 5.73 Å². The molecule has 0 spiro atoms. The third-order valence-corrected chi connectivity index (χ3v) is 1.60. The Morgan fingerprint density at radius 3 is 2.22 bits per heavy atom. The van der Waals surface area contributed by atoms with Gasteiger partial charge in [-0.3, -0.25) is 4.79 Å². The van der Waals surface area contributed by atoms with Gasteiger partial charge in [-0.15, -0.1) is 12.4 Å². The summed E-state index contributed by atoms with van der Waals surface area (Å²) in [5, 5.41) is 0. The highest BCUT2D eigenvalue weighted by atomic mass is 35.5. The Hall–Kier alpha value is -0.0800. The molecule has 0 radical (unpaired) electrons. The van der Waals surface area contributed by atoms with Crippen LogP contribution < -0.4 is 5.73 Å². The van der Waals surface area contributed by atoms with Crippen LogP contribution in [0.5, 0.6) is 0 Å². The van der Waals surface area contributed by atoms with Crippen molar-refractivity contribution in [2.75, 3.05) is 0 Å². The van der Waals surface area contributed by atoms with Gasteiger partial charge in [0.25, 0.3) is 0 Å². The van der Waals surface area contributed by atoms with E-state index in [-0.39, 0.29) is 24.2 Å². The second-order valence-corrected chi connectivity index (χ2v) is 2.47. The molecule has 2 nitrogen and oxygen atoms in total. The maximum absolute atomic E-state index is 10.5. The predicted octanol–water partition coefficient (Wildman–Crippen LogP) is 0.734. The van der Waals surface area contributed by atoms with Crippen LogP contribution in [0.25, 0.3) is 0 Å². The molecule has 2 N–H and O–H groups in total. The maximum Gasteiger partial charge on any atom is 0.146 e. The lowest BCUT2D eigenvalue weighted by molar-refractivity contribution is -0.118. The summed E-state index contributed by atoms with van der Waals surface area (Å²) in [5.41, 5.74) is 5.47. The molecule has 1 rings (SSSR count). The fraction of sp³-hybridized carbons (Fsp3) is 0.833. The lowest BCUT2D eigenvalue weighted by Crippen LogP contribution is -2.30. The lowest BCUT2D eigenvalue weighted by Gasteiger charge is -2.01. The molecule has 0 bridgehead atoms. The minimum absolute atomic E-state index is 0. The minimum Gasteiger partial charge on any atom is -0.321 e.